The van der Waals surface area contributed by atoms with Crippen LogP contribution in [0.15, 0.2) is 36.5 Å². The maximum atomic E-state index is 12.8. The number of aliphatic hydroxyl groups is 1. The quantitative estimate of drug-likeness (QED) is 0.795. The van der Waals surface area contributed by atoms with Gasteiger partial charge < -0.3 is 19.9 Å². The molecule has 7 heteroatoms. The van der Waals surface area contributed by atoms with E-state index in [2.05, 4.69) is 10.4 Å². The summed E-state index contributed by atoms with van der Waals surface area (Å²) in [6.07, 6.45) is 3.10. The van der Waals surface area contributed by atoms with Gasteiger partial charge in [-0.2, -0.15) is 5.10 Å². The number of hydrogen-bond donors (Lipinski definition) is 2. The van der Waals surface area contributed by atoms with Crippen molar-refractivity contribution >= 4 is 5.91 Å². The molecule has 1 aliphatic rings. The van der Waals surface area contributed by atoms with E-state index >= 15 is 0 Å². The Morgan fingerprint density at radius 1 is 1.44 bits per heavy atom. The molecule has 1 saturated heterocycles. The number of nitrogens with zero attached hydrogens (tertiary/aromatic N) is 2. The molecule has 3 rings (SSSR count). The highest BCUT2D eigenvalue weighted by molar-refractivity contribution is 5.95. The summed E-state index contributed by atoms with van der Waals surface area (Å²) in [6.45, 7) is 3.12. The van der Waals surface area contributed by atoms with E-state index in [1.807, 2.05) is 37.3 Å². The van der Waals surface area contributed by atoms with E-state index in [0.717, 1.165) is 12.1 Å². The zero-order valence-electron chi connectivity index (χ0n) is 14.3. The lowest BCUT2D eigenvalue weighted by atomic mass is 10.00. The number of carbonyl (C=O) groups is 1. The Hall–Kier alpha value is -2.38. The fourth-order valence-electron chi connectivity index (χ4n) is 2.72. The third-order valence-electron chi connectivity index (χ3n) is 4.16. The number of rotatable bonds is 7. The molecule has 2 N–H and O–H groups in total. The molecule has 1 atom stereocenters. The molecule has 1 unspecified atom stereocenters. The molecule has 1 fully saturated rings. The van der Waals surface area contributed by atoms with Crippen molar-refractivity contribution in [3.05, 3.63) is 42.2 Å². The normalized spacial score (nSPS) is 19.8. The van der Waals surface area contributed by atoms with Crippen LogP contribution in [-0.2, 0) is 4.74 Å². The molecule has 1 aliphatic heterocycles. The molecule has 1 aromatic carbocycles. The van der Waals surface area contributed by atoms with Crippen LogP contribution in [0.4, 0.5) is 0 Å². The van der Waals surface area contributed by atoms with Crippen LogP contribution in [0.1, 0.15) is 30.3 Å². The number of benzene rings is 1. The van der Waals surface area contributed by atoms with Gasteiger partial charge in [-0.05, 0) is 25.0 Å². The second kappa shape index (κ2) is 7.67. The maximum absolute atomic E-state index is 12.8. The molecule has 1 amide bonds. The number of aliphatic hydroxyl groups excluding tert-OH is 1. The molecule has 0 aliphatic carbocycles. The van der Waals surface area contributed by atoms with Gasteiger partial charge in [-0.15, -0.1) is 0 Å². The molecule has 0 saturated carbocycles. The number of carbonyl (C=O) groups excluding carboxylic acids is 1. The van der Waals surface area contributed by atoms with Crippen molar-refractivity contribution in [3.63, 3.8) is 0 Å². The van der Waals surface area contributed by atoms with E-state index in [-0.39, 0.29) is 18.2 Å². The maximum Gasteiger partial charge on any atom is 0.276 e. The lowest BCUT2D eigenvalue weighted by molar-refractivity contribution is 0.0781. The van der Waals surface area contributed by atoms with Crippen molar-refractivity contribution in [1.82, 2.24) is 15.1 Å². The first-order valence-corrected chi connectivity index (χ1v) is 8.46. The molecule has 7 nitrogen and oxygen atoms in total. The van der Waals surface area contributed by atoms with E-state index in [4.69, 9.17) is 9.47 Å². The molecular weight excluding hydrogens is 322 g/mol. The molecule has 0 spiro atoms. The summed E-state index contributed by atoms with van der Waals surface area (Å²) in [5.74, 6) is 0.0514. The Morgan fingerprint density at radius 2 is 2.24 bits per heavy atom. The highest BCUT2D eigenvalue weighted by atomic mass is 16.5. The zero-order valence-corrected chi connectivity index (χ0v) is 14.3. The Kier molecular flexibility index (Phi) is 5.35. The first-order chi connectivity index (χ1) is 12.2. The van der Waals surface area contributed by atoms with E-state index in [0.29, 0.717) is 32.0 Å². The number of nitrogens with one attached hydrogen (secondary N) is 1. The fourth-order valence-corrected chi connectivity index (χ4v) is 2.72. The van der Waals surface area contributed by atoms with Gasteiger partial charge in [0.15, 0.2) is 11.4 Å². The first kappa shape index (κ1) is 17.4. The number of ether oxygens (including phenoxy) is 2. The largest absolute Gasteiger partial charge is 0.489 e. The van der Waals surface area contributed by atoms with Crippen molar-refractivity contribution < 1.29 is 19.4 Å². The van der Waals surface area contributed by atoms with Gasteiger partial charge in [0.2, 0.25) is 0 Å². The lowest BCUT2D eigenvalue weighted by Crippen LogP contribution is -2.52. The predicted molar refractivity (Wildman–Crippen MR) is 92.1 cm³/mol. The van der Waals surface area contributed by atoms with Gasteiger partial charge in [0.1, 0.15) is 0 Å². The van der Waals surface area contributed by atoms with Gasteiger partial charge in [0, 0.05) is 6.61 Å². The van der Waals surface area contributed by atoms with Crippen LogP contribution in [0.5, 0.6) is 5.75 Å². The molecule has 2 heterocycles. The minimum absolute atomic E-state index is 0.177. The standard InChI is InChI=1S/C18H23N3O4/c1-2-9-25-15-11-21(14-6-4-3-5-7-14)20-16(15)17(23)19-18(12-22)8-10-24-13-18/h3-7,11,22H,2,8-10,12-13H2,1H3,(H,19,23). The molecule has 2 aromatic rings. The molecule has 0 radical (unpaired) electrons. The van der Waals surface area contributed by atoms with Gasteiger partial charge >= 0.3 is 0 Å². The van der Waals surface area contributed by atoms with Crippen LogP contribution < -0.4 is 10.1 Å². The van der Waals surface area contributed by atoms with Crippen molar-refractivity contribution in [2.24, 2.45) is 0 Å². The van der Waals surface area contributed by atoms with E-state index in [9.17, 15) is 9.90 Å². The van der Waals surface area contributed by atoms with Crippen LogP contribution >= 0.6 is 0 Å². The monoisotopic (exact) mass is 345 g/mol. The van der Waals surface area contributed by atoms with Crippen molar-refractivity contribution in [1.29, 1.82) is 0 Å². The van der Waals surface area contributed by atoms with Gasteiger partial charge in [-0.25, -0.2) is 4.68 Å². The SMILES string of the molecule is CCCOc1cn(-c2ccccc2)nc1C(=O)NC1(CO)CCOC1. The highest BCUT2D eigenvalue weighted by Crippen LogP contribution is 2.23. The predicted octanol–water partition coefficient (Wildman–Crippen LogP) is 1.54. The molecule has 134 valence electrons. The second-order valence-electron chi connectivity index (χ2n) is 6.17. The zero-order chi connectivity index (χ0) is 17.7. The van der Waals surface area contributed by atoms with Crippen molar-refractivity contribution in [2.45, 2.75) is 25.3 Å². The molecular formula is C18H23N3O4. The minimum atomic E-state index is -0.754. The summed E-state index contributed by atoms with van der Waals surface area (Å²) in [4.78, 5) is 12.8. The van der Waals surface area contributed by atoms with Crippen LogP contribution in [0.2, 0.25) is 0 Å². The van der Waals surface area contributed by atoms with Crippen LogP contribution in [0, 0.1) is 0 Å². The number of para-hydroxylation sites is 1. The Balaban J connectivity index is 1.87. The van der Waals surface area contributed by atoms with Crippen LogP contribution in [-0.4, -0.2) is 52.8 Å². The first-order valence-electron chi connectivity index (χ1n) is 8.46. The van der Waals surface area contributed by atoms with E-state index < -0.39 is 5.54 Å². The summed E-state index contributed by atoms with van der Waals surface area (Å²) in [6, 6.07) is 9.52. The third-order valence-corrected chi connectivity index (χ3v) is 4.16. The van der Waals surface area contributed by atoms with Gasteiger partial charge in [0.05, 0.1) is 37.2 Å². The molecule has 0 bridgehead atoms. The van der Waals surface area contributed by atoms with Crippen molar-refractivity contribution in [3.8, 4) is 11.4 Å². The number of amides is 1. The second-order valence-corrected chi connectivity index (χ2v) is 6.17. The summed E-state index contributed by atoms with van der Waals surface area (Å²) in [5, 5.41) is 16.9. The number of aromatic nitrogens is 2. The van der Waals surface area contributed by atoms with Crippen molar-refractivity contribution in [2.75, 3.05) is 26.4 Å². The summed E-state index contributed by atoms with van der Waals surface area (Å²) >= 11 is 0. The summed E-state index contributed by atoms with van der Waals surface area (Å²) < 4.78 is 12.7. The average molecular weight is 345 g/mol. The highest BCUT2D eigenvalue weighted by Gasteiger charge is 2.37. The minimum Gasteiger partial charge on any atom is -0.489 e. The topological polar surface area (TPSA) is 85.6 Å². The fraction of sp³-hybridized carbons (Fsp3) is 0.444. The summed E-state index contributed by atoms with van der Waals surface area (Å²) in [5.41, 5.74) is 0.288. The Labute approximate surface area is 146 Å². The summed E-state index contributed by atoms with van der Waals surface area (Å²) in [7, 11) is 0. The lowest BCUT2D eigenvalue weighted by Gasteiger charge is -2.25. The Morgan fingerprint density at radius 3 is 2.88 bits per heavy atom. The molecule has 1 aromatic heterocycles. The van der Waals surface area contributed by atoms with Gasteiger partial charge in [-0.3, -0.25) is 4.79 Å². The van der Waals surface area contributed by atoms with E-state index in [1.165, 1.54) is 0 Å². The van der Waals surface area contributed by atoms with Crippen LogP contribution in [0.3, 0.4) is 0 Å². The smallest absolute Gasteiger partial charge is 0.276 e. The Bertz CT molecular complexity index is 708. The average Bonchev–Trinajstić information content (AvgIpc) is 3.28. The molecule has 25 heavy (non-hydrogen) atoms. The third kappa shape index (κ3) is 3.83. The van der Waals surface area contributed by atoms with Gasteiger partial charge in [0.25, 0.3) is 5.91 Å². The van der Waals surface area contributed by atoms with Gasteiger partial charge in [-0.1, -0.05) is 25.1 Å². The van der Waals surface area contributed by atoms with Crippen LogP contribution in [0.25, 0.3) is 5.69 Å². The number of hydrogen-bond acceptors (Lipinski definition) is 5. The van der Waals surface area contributed by atoms with E-state index in [1.54, 1.807) is 10.9 Å².